The highest BCUT2D eigenvalue weighted by Gasteiger charge is 2.21. The van der Waals surface area contributed by atoms with Crippen LogP contribution in [0.5, 0.6) is 5.75 Å². The molecule has 0 fully saturated rings. The first-order valence-electron chi connectivity index (χ1n) is 12.6. The standard InChI is InChI=1S/C31H36FNO4/c1-19(2)12-28(25-14-21(4)13-22(5)15-25)33-31(36)26-17-23(7-8-24(26)9-11-30(34)35)18-37-29-16-20(3)6-10-27(29)32/h6-8,10,13-17,19,28H,9,11-12,18H2,1-5H3,(H,33,36)(H,34,35)/t28-/m1/s1. The van der Waals surface area contributed by atoms with Crippen LogP contribution in [-0.4, -0.2) is 17.0 Å². The molecular weight excluding hydrogens is 469 g/mol. The number of carboxylic acid groups (broad SMARTS) is 1. The molecule has 6 heteroatoms. The number of halogens is 1. The van der Waals surface area contributed by atoms with Crippen LogP contribution in [0.4, 0.5) is 4.39 Å². The molecule has 196 valence electrons. The van der Waals surface area contributed by atoms with E-state index in [1.807, 2.05) is 20.8 Å². The van der Waals surface area contributed by atoms with Gasteiger partial charge in [0.1, 0.15) is 6.61 Å². The summed E-state index contributed by atoms with van der Waals surface area (Å²) < 4.78 is 19.8. The monoisotopic (exact) mass is 505 g/mol. The van der Waals surface area contributed by atoms with E-state index in [4.69, 9.17) is 4.74 Å². The Morgan fingerprint density at radius 3 is 2.30 bits per heavy atom. The zero-order valence-electron chi connectivity index (χ0n) is 22.2. The summed E-state index contributed by atoms with van der Waals surface area (Å²) in [5.41, 5.74) is 5.92. The molecule has 0 unspecified atom stereocenters. The van der Waals surface area contributed by atoms with Crippen molar-refractivity contribution in [3.8, 4) is 5.75 Å². The van der Waals surface area contributed by atoms with Crippen LogP contribution in [0.25, 0.3) is 0 Å². The maximum absolute atomic E-state index is 14.1. The Balaban J connectivity index is 1.90. The first kappa shape index (κ1) is 27.9. The summed E-state index contributed by atoms with van der Waals surface area (Å²) in [4.78, 5) is 24.8. The molecule has 3 aromatic rings. The summed E-state index contributed by atoms with van der Waals surface area (Å²) in [6, 6.07) is 16.0. The fourth-order valence-electron chi connectivity index (χ4n) is 4.46. The maximum atomic E-state index is 14.1. The number of hydrogen-bond donors (Lipinski definition) is 2. The molecule has 0 saturated carbocycles. The molecule has 0 saturated heterocycles. The van der Waals surface area contributed by atoms with E-state index in [1.165, 1.54) is 6.07 Å². The molecule has 0 aromatic heterocycles. The van der Waals surface area contributed by atoms with Gasteiger partial charge in [0, 0.05) is 12.0 Å². The number of ether oxygens (including phenoxy) is 1. The predicted molar refractivity (Wildman–Crippen MR) is 143 cm³/mol. The molecule has 1 amide bonds. The maximum Gasteiger partial charge on any atom is 0.303 e. The zero-order valence-corrected chi connectivity index (χ0v) is 22.2. The minimum atomic E-state index is -0.929. The van der Waals surface area contributed by atoms with Crippen molar-refractivity contribution < 1.29 is 23.8 Å². The van der Waals surface area contributed by atoms with E-state index in [2.05, 4.69) is 37.4 Å². The lowest BCUT2D eigenvalue weighted by Gasteiger charge is -2.23. The molecule has 0 aliphatic rings. The summed E-state index contributed by atoms with van der Waals surface area (Å²) in [7, 11) is 0. The van der Waals surface area contributed by atoms with E-state index in [1.54, 1.807) is 30.3 Å². The van der Waals surface area contributed by atoms with Crippen molar-refractivity contribution in [1.82, 2.24) is 5.32 Å². The van der Waals surface area contributed by atoms with Gasteiger partial charge in [-0.15, -0.1) is 0 Å². The second-order valence-corrected chi connectivity index (χ2v) is 10.2. The molecule has 0 bridgehead atoms. The van der Waals surface area contributed by atoms with E-state index in [0.717, 1.165) is 28.7 Å². The van der Waals surface area contributed by atoms with Crippen LogP contribution in [0, 0.1) is 32.5 Å². The van der Waals surface area contributed by atoms with Gasteiger partial charge in [-0.1, -0.05) is 61.4 Å². The molecule has 1 atom stereocenters. The Labute approximate surface area is 218 Å². The molecule has 0 heterocycles. The van der Waals surface area contributed by atoms with Crippen molar-refractivity contribution in [2.75, 3.05) is 0 Å². The molecule has 0 aliphatic carbocycles. The van der Waals surface area contributed by atoms with Gasteiger partial charge in [-0.25, -0.2) is 4.39 Å². The fraction of sp³-hybridized carbons (Fsp3) is 0.355. The lowest BCUT2D eigenvalue weighted by atomic mass is 9.93. The average molecular weight is 506 g/mol. The minimum absolute atomic E-state index is 0.0758. The number of benzene rings is 3. The lowest BCUT2D eigenvalue weighted by Crippen LogP contribution is -2.30. The quantitative estimate of drug-likeness (QED) is 0.298. The van der Waals surface area contributed by atoms with Gasteiger partial charge in [0.2, 0.25) is 0 Å². The third-order valence-electron chi connectivity index (χ3n) is 6.17. The van der Waals surface area contributed by atoms with Crippen molar-refractivity contribution in [3.63, 3.8) is 0 Å². The first-order chi connectivity index (χ1) is 17.5. The fourth-order valence-corrected chi connectivity index (χ4v) is 4.46. The van der Waals surface area contributed by atoms with Crippen molar-refractivity contribution >= 4 is 11.9 Å². The van der Waals surface area contributed by atoms with Crippen LogP contribution in [0.3, 0.4) is 0 Å². The Morgan fingerprint density at radius 2 is 1.65 bits per heavy atom. The number of carbonyl (C=O) groups excluding carboxylic acids is 1. The third kappa shape index (κ3) is 8.17. The number of carboxylic acids is 1. The van der Waals surface area contributed by atoms with Crippen LogP contribution in [0.15, 0.2) is 54.6 Å². The van der Waals surface area contributed by atoms with E-state index in [0.29, 0.717) is 22.6 Å². The third-order valence-corrected chi connectivity index (χ3v) is 6.17. The Hall–Kier alpha value is -3.67. The average Bonchev–Trinajstić information content (AvgIpc) is 2.82. The van der Waals surface area contributed by atoms with Crippen LogP contribution in [0.2, 0.25) is 0 Å². The highest BCUT2D eigenvalue weighted by Crippen LogP contribution is 2.26. The van der Waals surface area contributed by atoms with Crippen LogP contribution in [-0.2, 0) is 17.8 Å². The van der Waals surface area contributed by atoms with E-state index in [-0.39, 0.29) is 37.1 Å². The number of aliphatic carboxylic acids is 1. The van der Waals surface area contributed by atoms with Gasteiger partial charge in [0.15, 0.2) is 11.6 Å². The summed E-state index contributed by atoms with van der Waals surface area (Å²) >= 11 is 0. The van der Waals surface area contributed by atoms with Gasteiger partial charge >= 0.3 is 5.97 Å². The molecule has 37 heavy (non-hydrogen) atoms. The molecule has 0 radical (unpaired) electrons. The summed E-state index contributed by atoms with van der Waals surface area (Å²) in [5.74, 6) is -1.16. The molecule has 0 aliphatic heterocycles. The van der Waals surface area contributed by atoms with E-state index >= 15 is 0 Å². The number of nitrogens with one attached hydrogen (secondary N) is 1. The SMILES string of the molecule is Cc1cc(C)cc([C@@H](CC(C)C)NC(=O)c2cc(COc3cc(C)ccc3F)ccc2CCC(=O)O)c1. The lowest BCUT2D eigenvalue weighted by molar-refractivity contribution is -0.136. The second kappa shape index (κ2) is 12.5. The van der Waals surface area contributed by atoms with Gasteiger partial charge in [-0.3, -0.25) is 9.59 Å². The Bertz CT molecular complexity index is 1250. The van der Waals surface area contributed by atoms with Crippen LogP contribution >= 0.6 is 0 Å². The van der Waals surface area contributed by atoms with E-state index < -0.39 is 11.8 Å². The van der Waals surface area contributed by atoms with Crippen molar-refractivity contribution in [2.45, 2.75) is 66.5 Å². The summed E-state index contributed by atoms with van der Waals surface area (Å²) in [6.45, 7) is 10.2. The van der Waals surface area contributed by atoms with Gasteiger partial charge in [0.05, 0.1) is 6.04 Å². The number of carbonyl (C=O) groups is 2. The molecule has 2 N–H and O–H groups in total. The highest BCUT2D eigenvalue weighted by atomic mass is 19.1. The number of hydrogen-bond acceptors (Lipinski definition) is 3. The Morgan fingerprint density at radius 1 is 0.946 bits per heavy atom. The number of aryl methyl sites for hydroxylation is 4. The predicted octanol–water partition coefficient (Wildman–Crippen LogP) is 6.86. The number of rotatable bonds is 11. The van der Waals surface area contributed by atoms with Gasteiger partial charge in [0.25, 0.3) is 5.91 Å². The Kier molecular flexibility index (Phi) is 9.45. The molecular formula is C31H36FNO4. The second-order valence-electron chi connectivity index (χ2n) is 10.2. The minimum Gasteiger partial charge on any atom is -0.486 e. The first-order valence-corrected chi connectivity index (χ1v) is 12.6. The largest absolute Gasteiger partial charge is 0.486 e. The molecule has 3 aromatic carbocycles. The molecule has 5 nitrogen and oxygen atoms in total. The molecule has 0 spiro atoms. The summed E-state index contributed by atoms with van der Waals surface area (Å²) in [6.07, 6.45) is 0.899. The van der Waals surface area contributed by atoms with Crippen molar-refractivity contribution in [2.24, 2.45) is 5.92 Å². The normalized spacial score (nSPS) is 11.9. The van der Waals surface area contributed by atoms with Crippen molar-refractivity contribution in [1.29, 1.82) is 0 Å². The highest BCUT2D eigenvalue weighted by molar-refractivity contribution is 5.96. The van der Waals surface area contributed by atoms with Crippen LogP contribution < -0.4 is 10.1 Å². The van der Waals surface area contributed by atoms with Gasteiger partial charge < -0.3 is 15.2 Å². The smallest absolute Gasteiger partial charge is 0.303 e. The topological polar surface area (TPSA) is 75.6 Å². The molecule has 3 rings (SSSR count). The van der Waals surface area contributed by atoms with Crippen LogP contribution in [0.1, 0.15) is 76.5 Å². The number of amides is 1. The van der Waals surface area contributed by atoms with Gasteiger partial charge in [-0.05, 0) is 80.0 Å². The summed E-state index contributed by atoms with van der Waals surface area (Å²) in [5, 5.41) is 12.4. The zero-order chi connectivity index (χ0) is 27.1. The van der Waals surface area contributed by atoms with Crippen molar-refractivity contribution in [3.05, 3.63) is 99.4 Å². The van der Waals surface area contributed by atoms with E-state index in [9.17, 15) is 19.1 Å². The van der Waals surface area contributed by atoms with Gasteiger partial charge in [-0.2, -0.15) is 0 Å².